The smallest absolute Gasteiger partial charge is 0.417 e. The minimum Gasteiger partial charge on any atom is -0.504 e. The van der Waals surface area contributed by atoms with E-state index < -0.39 is 64.1 Å². The molecule has 31 heavy (non-hydrogen) atoms. The molecule has 14 heteroatoms. The van der Waals surface area contributed by atoms with Crippen LogP contribution < -0.4 is 10.6 Å². The Labute approximate surface area is 170 Å². The number of nitro groups is 1. The molecule has 0 spiro atoms. The Morgan fingerprint density at radius 2 is 1.74 bits per heavy atom. The predicted octanol–water partition coefficient (Wildman–Crippen LogP) is 2.28. The first kappa shape index (κ1) is 22.9. The summed E-state index contributed by atoms with van der Waals surface area (Å²) in [4.78, 5) is 45.1. The molecule has 0 fully saturated rings. The number of nitro benzene ring substituents is 1. The first-order chi connectivity index (χ1) is 14.4. The summed E-state index contributed by atoms with van der Waals surface area (Å²) in [7, 11) is 0. The van der Waals surface area contributed by atoms with Gasteiger partial charge in [0.1, 0.15) is 5.56 Å². The number of phenolic OH excluding ortho intramolecular Hbond substituents is 2. The van der Waals surface area contributed by atoms with Crippen molar-refractivity contribution in [1.29, 1.82) is 0 Å². The van der Waals surface area contributed by atoms with Crippen LogP contribution in [0.25, 0.3) is 0 Å². The van der Waals surface area contributed by atoms with E-state index in [9.17, 15) is 47.9 Å². The molecule has 0 radical (unpaired) electrons. The molecule has 0 aliphatic carbocycles. The van der Waals surface area contributed by atoms with Gasteiger partial charge in [0.05, 0.1) is 16.1 Å². The number of phenols is 2. The van der Waals surface area contributed by atoms with Gasteiger partial charge in [-0.25, -0.2) is 9.59 Å². The summed E-state index contributed by atoms with van der Waals surface area (Å²) >= 11 is 0. The quantitative estimate of drug-likeness (QED) is 0.179. The van der Waals surface area contributed by atoms with Crippen LogP contribution in [0.4, 0.5) is 23.7 Å². The highest BCUT2D eigenvalue weighted by Crippen LogP contribution is 2.45. The minimum absolute atomic E-state index is 0.100. The van der Waals surface area contributed by atoms with Gasteiger partial charge in [-0.1, -0.05) is 18.2 Å². The average Bonchev–Trinajstić information content (AvgIpc) is 2.68. The number of alkyl halides is 3. The minimum atomic E-state index is -5.36. The maximum atomic E-state index is 13.2. The second-order valence-corrected chi connectivity index (χ2v) is 5.67. The summed E-state index contributed by atoms with van der Waals surface area (Å²) in [6, 6.07) is 5.95. The van der Waals surface area contributed by atoms with E-state index in [1.807, 2.05) is 5.32 Å². The fourth-order valence-corrected chi connectivity index (χ4v) is 2.31. The Hall–Kier alpha value is -4.36. The van der Waals surface area contributed by atoms with Crippen molar-refractivity contribution < 1.29 is 47.4 Å². The number of esters is 1. The fourth-order valence-electron chi connectivity index (χ4n) is 2.31. The zero-order valence-electron chi connectivity index (χ0n) is 15.1. The van der Waals surface area contributed by atoms with Crippen molar-refractivity contribution in [2.24, 2.45) is 0 Å². The lowest BCUT2D eigenvalue weighted by Crippen LogP contribution is -2.41. The molecule has 164 valence electrons. The lowest BCUT2D eigenvalue weighted by Gasteiger charge is -2.14. The fraction of sp³-hybridized carbons (Fsp3) is 0.118. The third-order valence-electron chi connectivity index (χ3n) is 3.64. The van der Waals surface area contributed by atoms with E-state index in [1.165, 1.54) is 29.6 Å². The highest BCUT2D eigenvalue weighted by Gasteiger charge is 2.43. The van der Waals surface area contributed by atoms with Crippen LogP contribution in [0.3, 0.4) is 0 Å². The van der Waals surface area contributed by atoms with Crippen LogP contribution in [0.1, 0.15) is 26.3 Å². The second-order valence-electron chi connectivity index (χ2n) is 5.67. The van der Waals surface area contributed by atoms with E-state index in [2.05, 4.69) is 4.74 Å². The number of ether oxygens (including phenoxy) is 1. The van der Waals surface area contributed by atoms with Crippen molar-refractivity contribution in [1.82, 2.24) is 10.6 Å². The van der Waals surface area contributed by atoms with Crippen molar-refractivity contribution in [2.75, 3.05) is 6.73 Å². The summed E-state index contributed by atoms with van der Waals surface area (Å²) in [5.74, 6) is -5.85. The summed E-state index contributed by atoms with van der Waals surface area (Å²) < 4.78 is 44.3. The van der Waals surface area contributed by atoms with E-state index in [4.69, 9.17) is 0 Å². The number of imide groups is 1. The number of carbonyl (C=O) groups excluding carboxylic acids is 3. The monoisotopic (exact) mass is 443 g/mol. The van der Waals surface area contributed by atoms with Crippen molar-refractivity contribution in [3.63, 3.8) is 0 Å². The number of benzene rings is 2. The molecule has 11 nitrogen and oxygen atoms in total. The SMILES string of the molecule is O=C(NCOC(=O)c1ccccc1)NC(=O)c1c(C(F)(F)F)cc(O)c(O)c1[N+](=O)[O-]. The third-order valence-corrected chi connectivity index (χ3v) is 3.64. The Morgan fingerprint density at radius 3 is 2.29 bits per heavy atom. The summed E-state index contributed by atoms with van der Waals surface area (Å²) in [5, 5.41) is 33.2. The molecule has 2 aromatic rings. The number of carbonyl (C=O) groups is 3. The standard InChI is InChI=1S/C17H12F3N3O8/c18-17(19,20)9-6-10(24)13(25)12(23(29)30)11(9)14(26)22-16(28)21-7-31-15(27)8-4-2-1-3-5-8/h1-6,24-25H,7H2,(H2,21,22,26,28). The molecule has 2 rings (SSSR count). The van der Waals surface area contributed by atoms with E-state index in [0.717, 1.165) is 0 Å². The molecular weight excluding hydrogens is 431 g/mol. The van der Waals surface area contributed by atoms with Crippen LogP contribution in [0.5, 0.6) is 11.5 Å². The number of halogens is 3. The van der Waals surface area contributed by atoms with Gasteiger partial charge < -0.3 is 20.3 Å². The normalized spacial score (nSPS) is 10.8. The molecule has 0 saturated carbocycles. The number of aromatic hydroxyl groups is 2. The van der Waals surface area contributed by atoms with E-state index in [1.54, 1.807) is 6.07 Å². The van der Waals surface area contributed by atoms with Gasteiger partial charge in [-0.3, -0.25) is 20.2 Å². The molecule has 0 unspecified atom stereocenters. The van der Waals surface area contributed by atoms with Gasteiger partial charge in [-0.15, -0.1) is 0 Å². The number of hydrogen-bond donors (Lipinski definition) is 4. The number of amides is 3. The number of rotatable bonds is 5. The molecule has 2 aromatic carbocycles. The van der Waals surface area contributed by atoms with E-state index in [-0.39, 0.29) is 11.6 Å². The highest BCUT2D eigenvalue weighted by molar-refractivity contribution is 6.08. The van der Waals surface area contributed by atoms with Gasteiger partial charge in [0, 0.05) is 0 Å². The van der Waals surface area contributed by atoms with Crippen LogP contribution in [-0.4, -0.2) is 39.8 Å². The van der Waals surface area contributed by atoms with Crippen LogP contribution in [0.15, 0.2) is 36.4 Å². The summed E-state index contributed by atoms with van der Waals surface area (Å²) in [5.41, 5.74) is -5.29. The van der Waals surface area contributed by atoms with E-state index >= 15 is 0 Å². The zero-order chi connectivity index (χ0) is 23.3. The van der Waals surface area contributed by atoms with Crippen LogP contribution in [-0.2, 0) is 10.9 Å². The first-order valence-electron chi connectivity index (χ1n) is 8.05. The van der Waals surface area contributed by atoms with Crippen molar-refractivity contribution in [3.05, 3.63) is 63.2 Å². The summed E-state index contributed by atoms with van der Waals surface area (Å²) in [6.07, 6.45) is -5.36. The predicted molar refractivity (Wildman–Crippen MR) is 94.2 cm³/mol. The number of urea groups is 1. The number of nitrogens with zero attached hydrogens (tertiary/aromatic N) is 1. The van der Waals surface area contributed by atoms with Crippen LogP contribution >= 0.6 is 0 Å². The molecule has 0 atom stereocenters. The lowest BCUT2D eigenvalue weighted by molar-refractivity contribution is -0.386. The number of nitrogens with one attached hydrogen (secondary N) is 2. The molecule has 0 bridgehead atoms. The Morgan fingerprint density at radius 1 is 1.13 bits per heavy atom. The van der Waals surface area contributed by atoms with Gasteiger partial charge >= 0.3 is 23.9 Å². The molecule has 0 saturated heterocycles. The Kier molecular flexibility index (Phi) is 6.64. The van der Waals surface area contributed by atoms with Crippen LogP contribution in [0, 0.1) is 10.1 Å². The highest BCUT2D eigenvalue weighted by atomic mass is 19.4. The summed E-state index contributed by atoms with van der Waals surface area (Å²) in [6.45, 7) is -0.790. The maximum absolute atomic E-state index is 13.2. The average molecular weight is 443 g/mol. The van der Waals surface area contributed by atoms with Crippen molar-refractivity contribution >= 4 is 23.6 Å². The number of hydrogen-bond acceptors (Lipinski definition) is 8. The van der Waals surface area contributed by atoms with Crippen molar-refractivity contribution in [3.8, 4) is 11.5 Å². The molecule has 0 aromatic heterocycles. The molecule has 0 aliphatic rings. The van der Waals surface area contributed by atoms with Crippen molar-refractivity contribution in [2.45, 2.75) is 6.18 Å². The Balaban J connectivity index is 2.17. The van der Waals surface area contributed by atoms with Gasteiger partial charge in [0.25, 0.3) is 5.91 Å². The van der Waals surface area contributed by atoms with Gasteiger partial charge in [-0.05, 0) is 18.2 Å². The molecule has 3 amide bonds. The van der Waals surface area contributed by atoms with Gasteiger partial charge in [0.15, 0.2) is 12.5 Å². The second kappa shape index (κ2) is 8.98. The van der Waals surface area contributed by atoms with Crippen LogP contribution in [0.2, 0.25) is 0 Å². The first-order valence-corrected chi connectivity index (χ1v) is 8.05. The topological polar surface area (TPSA) is 168 Å². The third kappa shape index (κ3) is 5.37. The molecule has 0 aliphatic heterocycles. The molecular formula is C17H12F3N3O8. The van der Waals surface area contributed by atoms with Gasteiger partial charge in [-0.2, -0.15) is 13.2 Å². The zero-order valence-corrected chi connectivity index (χ0v) is 15.1. The van der Waals surface area contributed by atoms with Gasteiger partial charge in [0.2, 0.25) is 5.75 Å². The maximum Gasteiger partial charge on any atom is 0.417 e. The largest absolute Gasteiger partial charge is 0.504 e. The lowest BCUT2D eigenvalue weighted by atomic mass is 10.0. The van der Waals surface area contributed by atoms with E-state index in [0.29, 0.717) is 0 Å². The Bertz CT molecular complexity index is 1040. The molecule has 0 heterocycles. The molecule has 4 N–H and O–H groups in total.